The van der Waals surface area contributed by atoms with Crippen LogP contribution in [0.4, 0.5) is 8.78 Å². The molecule has 9 heteroatoms. The van der Waals surface area contributed by atoms with Gasteiger partial charge >= 0.3 is 5.92 Å². The molecule has 0 aliphatic heterocycles. The lowest BCUT2D eigenvalue weighted by atomic mass is 9.95. The van der Waals surface area contributed by atoms with E-state index in [9.17, 15) is 23.2 Å². The number of halogens is 2. The van der Waals surface area contributed by atoms with Gasteiger partial charge < -0.3 is 16.4 Å². The van der Waals surface area contributed by atoms with Crippen molar-refractivity contribution in [2.75, 3.05) is 0 Å². The molecule has 3 atom stereocenters. The third-order valence-corrected chi connectivity index (χ3v) is 4.61. The Balaban J connectivity index is 2.86. The number of aromatic nitrogens is 1. The highest BCUT2D eigenvalue weighted by Gasteiger charge is 2.50. The number of hydrogen-bond acceptors (Lipinski definition) is 5. The quantitative estimate of drug-likeness (QED) is 0.480. The number of amides is 2. The van der Waals surface area contributed by atoms with Crippen LogP contribution in [0.15, 0.2) is 24.4 Å². The van der Waals surface area contributed by atoms with Crippen molar-refractivity contribution in [3.8, 4) is 0 Å². The van der Waals surface area contributed by atoms with E-state index in [-0.39, 0.29) is 18.9 Å². The van der Waals surface area contributed by atoms with Crippen LogP contribution in [0.25, 0.3) is 0 Å². The molecule has 0 aliphatic rings. The minimum absolute atomic E-state index is 0.0288. The summed E-state index contributed by atoms with van der Waals surface area (Å²) in [6, 6.07) is 2.47. The smallest absolute Gasteiger partial charge is 0.349 e. The highest BCUT2D eigenvalue weighted by Crippen LogP contribution is 2.21. The SMILES string of the molecule is CCC(C)C(NC(=O)C(F)(F)C(=O)C(N)CC(C)C)C(=O)NCc1ccccn1. The first-order valence-corrected chi connectivity index (χ1v) is 9.66. The van der Waals surface area contributed by atoms with E-state index < -0.39 is 41.5 Å². The number of nitrogens with zero attached hydrogens (tertiary/aromatic N) is 1. The van der Waals surface area contributed by atoms with Gasteiger partial charge in [-0.1, -0.05) is 40.2 Å². The van der Waals surface area contributed by atoms with Crippen LogP contribution >= 0.6 is 0 Å². The molecule has 1 aromatic heterocycles. The van der Waals surface area contributed by atoms with E-state index >= 15 is 0 Å². The number of alkyl halides is 2. The largest absolute Gasteiger partial charge is 0.383 e. The number of nitrogens with two attached hydrogens (primary N) is 1. The van der Waals surface area contributed by atoms with Crippen molar-refractivity contribution in [3.05, 3.63) is 30.1 Å². The monoisotopic (exact) mass is 412 g/mol. The van der Waals surface area contributed by atoms with Gasteiger partial charge in [0.25, 0.3) is 5.91 Å². The lowest BCUT2D eigenvalue weighted by molar-refractivity contribution is -0.160. The van der Waals surface area contributed by atoms with Crippen molar-refractivity contribution in [3.63, 3.8) is 0 Å². The number of rotatable bonds is 11. The summed E-state index contributed by atoms with van der Waals surface area (Å²) in [7, 11) is 0. The van der Waals surface area contributed by atoms with Gasteiger partial charge in [-0.15, -0.1) is 0 Å². The maximum Gasteiger partial charge on any atom is 0.383 e. The second kappa shape index (κ2) is 10.9. The first kappa shape index (κ1) is 24.6. The lowest BCUT2D eigenvalue weighted by Crippen LogP contribution is -2.58. The molecule has 0 aromatic carbocycles. The highest BCUT2D eigenvalue weighted by molar-refractivity contribution is 6.10. The molecule has 1 rings (SSSR count). The van der Waals surface area contributed by atoms with Gasteiger partial charge in [0.2, 0.25) is 11.7 Å². The van der Waals surface area contributed by atoms with Crippen molar-refractivity contribution in [1.29, 1.82) is 0 Å². The van der Waals surface area contributed by atoms with Gasteiger partial charge in [-0.05, 0) is 30.4 Å². The number of carbonyl (C=O) groups excluding carboxylic acids is 3. The zero-order valence-corrected chi connectivity index (χ0v) is 17.2. The lowest BCUT2D eigenvalue weighted by Gasteiger charge is -2.26. The summed E-state index contributed by atoms with van der Waals surface area (Å²) < 4.78 is 28.7. The van der Waals surface area contributed by atoms with Crippen LogP contribution in [-0.2, 0) is 20.9 Å². The fourth-order valence-corrected chi connectivity index (χ4v) is 2.68. The molecule has 0 saturated heterocycles. The highest BCUT2D eigenvalue weighted by atomic mass is 19.3. The van der Waals surface area contributed by atoms with Crippen molar-refractivity contribution in [2.45, 2.75) is 65.1 Å². The zero-order valence-electron chi connectivity index (χ0n) is 17.2. The summed E-state index contributed by atoms with van der Waals surface area (Å²) in [5, 5.41) is 4.61. The number of carbonyl (C=O) groups is 3. The fourth-order valence-electron chi connectivity index (χ4n) is 2.68. The van der Waals surface area contributed by atoms with Crippen molar-refractivity contribution < 1.29 is 23.2 Å². The summed E-state index contributed by atoms with van der Waals surface area (Å²) in [5.41, 5.74) is 6.11. The van der Waals surface area contributed by atoms with Gasteiger partial charge in [-0.25, -0.2) is 0 Å². The van der Waals surface area contributed by atoms with Crippen LogP contribution in [0, 0.1) is 11.8 Å². The molecule has 7 nitrogen and oxygen atoms in total. The molecule has 3 unspecified atom stereocenters. The van der Waals surface area contributed by atoms with Gasteiger partial charge in [-0.2, -0.15) is 8.78 Å². The molecule has 4 N–H and O–H groups in total. The number of ketones is 1. The molecular formula is C20H30F2N4O3. The summed E-state index contributed by atoms with van der Waals surface area (Å²) in [6.07, 6.45) is 2.04. The first-order valence-electron chi connectivity index (χ1n) is 9.66. The molecule has 1 heterocycles. The summed E-state index contributed by atoms with van der Waals surface area (Å²) in [6.45, 7) is 6.96. The molecule has 0 saturated carbocycles. The average Bonchev–Trinajstić information content (AvgIpc) is 2.68. The minimum Gasteiger partial charge on any atom is -0.349 e. The molecule has 2 amide bonds. The maximum atomic E-state index is 14.4. The van der Waals surface area contributed by atoms with Crippen molar-refractivity contribution in [1.82, 2.24) is 15.6 Å². The number of nitrogens with one attached hydrogen (secondary N) is 2. The molecular weight excluding hydrogens is 382 g/mol. The molecule has 0 aliphatic carbocycles. The van der Waals surface area contributed by atoms with E-state index in [4.69, 9.17) is 5.73 Å². The maximum absolute atomic E-state index is 14.4. The van der Waals surface area contributed by atoms with Crippen molar-refractivity contribution >= 4 is 17.6 Å². The van der Waals surface area contributed by atoms with Gasteiger partial charge in [0.15, 0.2) is 0 Å². The van der Waals surface area contributed by atoms with Gasteiger partial charge in [0.05, 0.1) is 18.3 Å². The van der Waals surface area contributed by atoms with Crippen molar-refractivity contribution in [2.24, 2.45) is 17.6 Å². The fraction of sp³-hybridized carbons (Fsp3) is 0.600. The normalized spacial score (nSPS) is 14.8. The number of hydrogen-bond donors (Lipinski definition) is 3. The van der Waals surface area contributed by atoms with Crippen LogP contribution in [0.5, 0.6) is 0 Å². The number of pyridine rings is 1. The summed E-state index contributed by atoms with van der Waals surface area (Å²) in [4.78, 5) is 40.8. The Hall–Kier alpha value is -2.42. The summed E-state index contributed by atoms with van der Waals surface area (Å²) in [5.74, 6) is -8.94. The molecule has 1 aromatic rings. The third kappa shape index (κ3) is 7.16. The Labute approximate surface area is 169 Å². The molecule has 0 fully saturated rings. The first-order chi connectivity index (χ1) is 13.5. The van der Waals surface area contributed by atoms with Crippen LogP contribution in [-0.4, -0.2) is 40.6 Å². The molecule has 29 heavy (non-hydrogen) atoms. The van der Waals surface area contributed by atoms with Crippen LogP contribution < -0.4 is 16.4 Å². The van der Waals surface area contributed by atoms with E-state index in [1.165, 1.54) is 0 Å². The Morgan fingerprint density at radius 2 is 1.86 bits per heavy atom. The molecule has 0 spiro atoms. The standard InChI is InChI=1S/C20H30F2N4O3/c1-5-13(4)16(18(28)25-11-14-8-6-7-9-24-14)26-19(29)20(21,22)17(27)15(23)10-12(2)3/h6-9,12-13,15-16H,5,10-11,23H2,1-4H3,(H,25,28)(H,26,29). The molecule has 0 radical (unpaired) electrons. The van der Waals surface area contributed by atoms with E-state index in [0.29, 0.717) is 12.1 Å². The number of Topliss-reactive ketones (excluding diaryl/α,β-unsaturated/α-hetero) is 1. The second-order valence-electron chi connectivity index (χ2n) is 7.55. The summed E-state index contributed by atoms with van der Waals surface area (Å²) >= 11 is 0. The minimum atomic E-state index is -4.32. The average molecular weight is 412 g/mol. The Kier molecular flexibility index (Phi) is 9.29. The van der Waals surface area contributed by atoms with Gasteiger partial charge in [0, 0.05) is 6.20 Å². The predicted molar refractivity (Wildman–Crippen MR) is 105 cm³/mol. The van der Waals surface area contributed by atoms with E-state index in [1.54, 1.807) is 52.1 Å². The predicted octanol–water partition coefficient (Wildman–Crippen LogP) is 1.81. The molecule has 162 valence electrons. The zero-order chi connectivity index (χ0) is 22.2. The van der Waals surface area contributed by atoms with Crippen LogP contribution in [0.1, 0.15) is 46.2 Å². The van der Waals surface area contributed by atoms with E-state index in [1.807, 2.05) is 5.32 Å². The van der Waals surface area contributed by atoms with Gasteiger partial charge in [0.1, 0.15) is 6.04 Å². The topological polar surface area (TPSA) is 114 Å². The Bertz CT molecular complexity index is 698. The van der Waals surface area contributed by atoms with Crippen LogP contribution in [0.2, 0.25) is 0 Å². The molecule has 0 bridgehead atoms. The second-order valence-corrected chi connectivity index (χ2v) is 7.55. The van der Waals surface area contributed by atoms with Gasteiger partial charge in [-0.3, -0.25) is 19.4 Å². The van der Waals surface area contributed by atoms with E-state index in [0.717, 1.165) is 0 Å². The van der Waals surface area contributed by atoms with Crippen LogP contribution in [0.3, 0.4) is 0 Å². The third-order valence-electron chi connectivity index (χ3n) is 4.61. The van der Waals surface area contributed by atoms with E-state index in [2.05, 4.69) is 10.3 Å². The Morgan fingerprint density at radius 1 is 1.21 bits per heavy atom. The Morgan fingerprint density at radius 3 is 2.38 bits per heavy atom.